The van der Waals surface area contributed by atoms with Gasteiger partial charge < -0.3 is 14.6 Å². The minimum Gasteiger partial charge on any atom is -0.443 e. The molecule has 32 heavy (non-hydrogen) atoms. The van der Waals surface area contributed by atoms with Crippen LogP contribution in [0.4, 0.5) is 5.82 Å². The van der Waals surface area contributed by atoms with Crippen molar-refractivity contribution in [3.8, 4) is 0 Å². The van der Waals surface area contributed by atoms with Crippen LogP contribution in [0.25, 0.3) is 11.1 Å². The lowest BCUT2D eigenvalue weighted by molar-refractivity contribution is -0.132. The first-order valence-corrected chi connectivity index (χ1v) is 12.0. The standard InChI is InChI=1S/C24H28N4O3S/c1-4-18-12-8-9-13-28(18)19(29)14-32-24-26-21(20-15(2)16(3)31-23(20)27-24)25-22(30)17-10-6-5-7-11-17/h5-7,10-11,18H,4,8-9,12-14H2,1-3H3,(H,25,26,27,30). The van der Waals surface area contributed by atoms with Gasteiger partial charge in [0.2, 0.25) is 11.6 Å². The fourth-order valence-corrected chi connectivity index (χ4v) is 4.84. The highest BCUT2D eigenvalue weighted by Crippen LogP contribution is 2.31. The number of aryl methyl sites for hydroxylation is 2. The lowest BCUT2D eigenvalue weighted by atomic mass is 10.0. The molecule has 0 radical (unpaired) electrons. The fraction of sp³-hybridized carbons (Fsp3) is 0.417. The van der Waals surface area contributed by atoms with E-state index in [0.29, 0.717) is 33.7 Å². The topological polar surface area (TPSA) is 88.3 Å². The predicted molar refractivity (Wildman–Crippen MR) is 126 cm³/mol. The van der Waals surface area contributed by atoms with E-state index >= 15 is 0 Å². The Morgan fingerprint density at radius 3 is 2.72 bits per heavy atom. The summed E-state index contributed by atoms with van der Waals surface area (Å²) in [6.07, 6.45) is 4.27. The first-order chi connectivity index (χ1) is 15.5. The number of amides is 2. The van der Waals surface area contributed by atoms with Gasteiger partial charge >= 0.3 is 0 Å². The van der Waals surface area contributed by atoms with E-state index in [4.69, 9.17) is 4.42 Å². The zero-order valence-electron chi connectivity index (χ0n) is 18.7. The largest absolute Gasteiger partial charge is 0.443 e. The average molecular weight is 453 g/mol. The molecule has 4 rings (SSSR count). The number of furan rings is 1. The average Bonchev–Trinajstić information content (AvgIpc) is 3.11. The molecule has 0 spiro atoms. The second-order valence-corrected chi connectivity index (χ2v) is 9.01. The molecule has 1 N–H and O–H groups in total. The summed E-state index contributed by atoms with van der Waals surface area (Å²) in [4.78, 5) is 36.7. The van der Waals surface area contributed by atoms with Crippen molar-refractivity contribution in [2.24, 2.45) is 0 Å². The summed E-state index contributed by atoms with van der Waals surface area (Å²) in [6.45, 7) is 6.72. The molecule has 1 saturated heterocycles. The molecule has 3 heterocycles. The number of piperidine rings is 1. The number of benzene rings is 1. The van der Waals surface area contributed by atoms with Gasteiger partial charge in [0.05, 0.1) is 11.1 Å². The molecular formula is C24H28N4O3S. The maximum atomic E-state index is 12.9. The molecule has 1 aliphatic heterocycles. The zero-order valence-corrected chi connectivity index (χ0v) is 19.5. The Morgan fingerprint density at radius 1 is 1.19 bits per heavy atom. The quantitative estimate of drug-likeness (QED) is 0.419. The van der Waals surface area contributed by atoms with Crippen LogP contribution < -0.4 is 5.32 Å². The number of fused-ring (bicyclic) bond motifs is 1. The Hall–Kier alpha value is -2.87. The Kier molecular flexibility index (Phi) is 6.79. The van der Waals surface area contributed by atoms with Crippen LogP contribution in [0.5, 0.6) is 0 Å². The van der Waals surface area contributed by atoms with Crippen LogP contribution in [-0.2, 0) is 4.79 Å². The molecule has 3 aromatic rings. The summed E-state index contributed by atoms with van der Waals surface area (Å²) in [5.41, 5.74) is 1.84. The van der Waals surface area contributed by atoms with Crippen LogP contribution in [0.1, 0.15) is 54.3 Å². The minimum atomic E-state index is -0.255. The van der Waals surface area contributed by atoms with Crippen molar-refractivity contribution in [2.75, 3.05) is 17.6 Å². The Morgan fingerprint density at radius 2 is 1.97 bits per heavy atom. The molecule has 1 fully saturated rings. The van der Waals surface area contributed by atoms with Crippen molar-refractivity contribution in [2.45, 2.75) is 57.7 Å². The van der Waals surface area contributed by atoms with Crippen LogP contribution in [-0.4, -0.2) is 45.0 Å². The number of aromatic nitrogens is 2. The highest BCUT2D eigenvalue weighted by Gasteiger charge is 2.26. The molecule has 2 aromatic heterocycles. The van der Waals surface area contributed by atoms with Gasteiger partial charge in [0, 0.05) is 23.7 Å². The van der Waals surface area contributed by atoms with Crippen molar-refractivity contribution in [1.29, 1.82) is 0 Å². The van der Waals surface area contributed by atoms with Crippen LogP contribution >= 0.6 is 11.8 Å². The monoisotopic (exact) mass is 452 g/mol. The van der Waals surface area contributed by atoms with Crippen LogP contribution in [0.15, 0.2) is 39.9 Å². The maximum Gasteiger partial charge on any atom is 0.256 e. The molecule has 7 nitrogen and oxygen atoms in total. The summed E-state index contributed by atoms with van der Waals surface area (Å²) in [6, 6.07) is 9.30. The van der Waals surface area contributed by atoms with Gasteiger partial charge in [-0.15, -0.1) is 0 Å². The Labute approximate surface area is 192 Å². The van der Waals surface area contributed by atoms with Gasteiger partial charge in [-0.2, -0.15) is 4.98 Å². The lowest BCUT2D eigenvalue weighted by Crippen LogP contribution is -2.44. The summed E-state index contributed by atoms with van der Waals surface area (Å²) in [7, 11) is 0. The number of thioether (sulfide) groups is 1. The Balaban J connectivity index is 1.57. The van der Waals surface area contributed by atoms with Crippen molar-refractivity contribution in [1.82, 2.24) is 14.9 Å². The third-order valence-corrected chi connectivity index (χ3v) is 6.85. The first kappa shape index (κ1) is 22.3. The van der Waals surface area contributed by atoms with Gasteiger partial charge in [-0.05, 0) is 51.7 Å². The summed E-state index contributed by atoms with van der Waals surface area (Å²) in [5, 5.41) is 4.00. The normalized spacial score (nSPS) is 16.3. The number of rotatable bonds is 6. The van der Waals surface area contributed by atoms with E-state index in [1.165, 1.54) is 18.2 Å². The van der Waals surface area contributed by atoms with Crippen LogP contribution in [0, 0.1) is 13.8 Å². The smallest absolute Gasteiger partial charge is 0.256 e. The molecule has 0 aliphatic carbocycles. The van der Waals surface area contributed by atoms with E-state index in [2.05, 4.69) is 22.2 Å². The van der Waals surface area contributed by atoms with Crippen molar-refractivity contribution in [3.05, 3.63) is 47.2 Å². The van der Waals surface area contributed by atoms with Crippen molar-refractivity contribution >= 4 is 40.5 Å². The molecule has 0 saturated carbocycles. The van der Waals surface area contributed by atoms with Gasteiger partial charge in [-0.1, -0.05) is 36.9 Å². The Bertz CT molecular complexity index is 1130. The fourth-order valence-electron chi connectivity index (χ4n) is 4.12. The van der Waals surface area contributed by atoms with Crippen molar-refractivity contribution < 1.29 is 14.0 Å². The molecule has 1 atom stereocenters. The number of nitrogens with zero attached hydrogens (tertiary/aromatic N) is 3. The molecule has 2 amide bonds. The van der Waals surface area contributed by atoms with Gasteiger partial charge in [0.1, 0.15) is 11.6 Å². The second-order valence-electron chi connectivity index (χ2n) is 8.07. The summed E-state index contributed by atoms with van der Waals surface area (Å²) in [5.74, 6) is 1.23. The number of likely N-dealkylation sites (tertiary alicyclic amines) is 1. The van der Waals surface area contributed by atoms with Crippen LogP contribution in [0.2, 0.25) is 0 Å². The molecule has 168 valence electrons. The predicted octanol–water partition coefficient (Wildman–Crippen LogP) is 4.98. The highest BCUT2D eigenvalue weighted by molar-refractivity contribution is 7.99. The maximum absolute atomic E-state index is 12.9. The molecule has 1 aromatic carbocycles. The van der Waals surface area contributed by atoms with Crippen molar-refractivity contribution in [3.63, 3.8) is 0 Å². The molecule has 1 unspecified atom stereocenters. The molecule has 0 bridgehead atoms. The number of carbonyl (C=O) groups excluding carboxylic acids is 2. The number of nitrogens with one attached hydrogen (secondary N) is 1. The second kappa shape index (κ2) is 9.73. The number of hydrogen-bond donors (Lipinski definition) is 1. The van der Waals surface area contributed by atoms with E-state index in [1.54, 1.807) is 12.1 Å². The van der Waals surface area contributed by atoms with E-state index in [0.717, 1.165) is 37.1 Å². The number of anilines is 1. The van der Waals surface area contributed by atoms with Gasteiger partial charge in [-0.25, -0.2) is 4.98 Å². The first-order valence-electron chi connectivity index (χ1n) is 11.0. The number of carbonyl (C=O) groups is 2. The van der Waals surface area contributed by atoms with E-state index in [1.807, 2.05) is 36.9 Å². The van der Waals surface area contributed by atoms with Gasteiger partial charge in [0.15, 0.2) is 5.16 Å². The van der Waals surface area contributed by atoms with E-state index in [9.17, 15) is 9.59 Å². The summed E-state index contributed by atoms with van der Waals surface area (Å²) >= 11 is 1.28. The van der Waals surface area contributed by atoms with Gasteiger partial charge in [0.25, 0.3) is 5.91 Å². The third kappa shape index (κ3) is 4.65. The molecular weight excluding hydrogens is 424 g/mol. The van der Waals surface area contributed by atoms with Gasteiger partial charge in [-0.3, -0.25) is 9.59 Å². The van der Waals surface area contributed by atoms with E-state index in [-0.39, 0.29) is 17.6 Å². The minimum absolute atomic E-state index is 0.104. The number of hydrogen-bond acceptors (Lipinski definition) is 6. The SMILES string of the molecule is CCC1CCCCN1C(=O)CSc1nc(NC(=O)c2ccccc2)c2c(C)c(C)oc2n1. The lowest BCUT2D eigenvalue weighted by Gasteiger charge is -2.35. The van der Waals surface area contributed by atoms with E-state index < -0.39 is 0 Å². The molecule has 1 aliphatic rings. The zero-order chi connectivity index (χ0) is 22.7. The third-order valence-electron chi connectivity index (χ3n) is 6.02. The van der Waals surface area contributed by atoms with Crippen LogP contribution in [0.3, 0.4) is 0 Å². The summed E-state index contributed by atoms with van der Waals surface area (Å²) < 4.78 is 5.81. The highest BCUT2D eigenvalue weighted by atomic mass is 32.2. The molecule has 8 heteroatoms.